The van der Waals surface area contributed by atoms with Crippen LogP contribution in [0.1, 0.15) is 52.9 Å². The fourth-order valence-corrected chi connectivity index (χ4v) is 3.56. The SMILES string of the molecule is CCC1(C(C)C)CC12CCC2. The van der Waals surface area contributed by atoms with E-state index in [4.69, 9.17) is 0 Å². The lowest BCUT2D eigenvalue weighted by atomic mass is 9.70. The minimum absolute atomic E-state index is 0.783. The number of hydrogen-bond donors (Lipinski definition) is 0. The Morgan fingerprint density at radius 1 is 1.27 bits per heavy atom. The second-order valence-corrected chi connectivity index (χ2v) is 4.98. The monoisotopic (exact) mass is 152 g/mol. The maximum absolute atomic E-state index is 2.41. The van der Waals surface area contributed by atoms with Crippen molar-refractivity contribution >= 4 is 0 Å². The van der Waals surface area contributed by atoms with Gasteiger partial charge in [-0.25, -0.2) is 0 Å². The van der Waals surface area contributed by atoms with Crippen LogP contribution in [0.25, 0.3) is 0 Å². The molecule has 1 unspecified atom stereocenters. The molecule has 2 aliphatic rings. The standard InChI is InChI=1S/C11H20/c1-4-11(9(2)3)8-10(11)6-5-7-10/h9H,4-8H2,1-3H3. The van der Waals surface area contributed by atoms with Crippen LogP contribution in [0.4, 0.5) is 0 Å². The first kappa shape index (κ1) is 7.64. The van der Waals surface area contributed by atoms with Crippen LogP contribution in [-0.2, 0) is 0 Å². The molecule has 0 aromatic carbocycles. The third-order valence-electron chi connectivity index (χ3n) is 4.63. The van der Waals surface area contributed by atoms with Gasteiger partial charge in [0.05, 0.1) is 0 Å². The predicted molar refractivity (Wildman–Crippen MR) is 48.5 cm³/mol. The lowest BCUT2D eigenvalue weighted by Crippen LogP contribution is -2.25. The molecule has 0 N–H and O–H groups in total. The summed E-state index contributed by atoms with van der Waals surface area (Å²) >= 11 is 0. The van der Waals surface area contributed by atoms with Crippen LogP contribution >= 0.6 is 0 Å². The molecule has 1 atom stereocenters. The molecule has 64 valence electrons. The van der Waals surface area contributed by atoms with Gasteiger partial charge in [-0.05, 0) is 42.4 Å². The molecule has 2 fully saturated rings. The fourth-order valence-electron chi connectivity index (χ4n) is 3.56. The van der Waals surface area contributed by atoms with Gasteiger partial charge in [0.1, 0.15) is 0 Å². The Bertz CT molecular complexity index is 165. The lowest BCUT2D eigenvalue weighted by molar-refractivity contribution is 0.154. The van der Waals surface area contributed by atoms with Crippen molar-refractivity contribution in [2.75, 3.05) is 0 Å². The van der Waals surface area contributed by atoms with Crippen molar-refractivity contribution in [3.63, 3.8) is 0 Å². The Hall–Kier alpha value is 0. The Morgan fingerprint density at radius 3 is 2.00 bits per heavy atom. The average molecular weight is 152 g/mol. The van der Waals surface area contributed by atoms with E-state index in [1.807, 2.05) is 0 Å². The molecule has 0 amide bonds. The van der Waals surface area contributed by atoms with Crippen molar-refractivity contribution in [3.8, 4) is 0 Å². The fraction of sp³-hybridized carbons (Fsp3) is 1.00. The van der Waals surface area contributed by atoms with Crippen molar-refractivity contribution < 1.29 is 0 Å². The summed E-state index contributed by atoms with van der Waals surface area (Å²) in [5.74, 6) is 0.924. The highest BCUT2D eigenvalue weighted by molar-refractivity contribution is 5.18. The van der Waals surface area contributed by atoms with E-state index >= 15 is 0 Å². The van der Waals surface area contributed by atoms with Crippen LogP contribution in [0.5, 0.6) is 0 Å². The summed E-state index contributed by atoms with van der Waals surface area (Å²) in [6, 6.07) is 0. The Kier molecular flexibility index (Phi) is 1.41. The predicted octanol–water partition coefficient (Wildman–Crippen LogP) is 3.61. The molecule has 0 aromatic rings. The van der Waals surface area contributed by atoms with Gasteiger partial charge in [-0.3, -0.25) is 0 Å². The zero-order chi connectivity index (χ0) is 8.11. The lowest BCUT2D eigenvalue weighted by Gasteiger charge is -2.35. The smallest absolute Gasteiger partial charge is 0.0215 e. The molecule has 0 aromatic heterocycles. The first-order valence-electron chi connectivity index (χ1n) is 5.17. The Labute approximate surface area is 70.4 Å². The van der Waals surface area contributed by atoms with E-state index in [-0.39, 0.29) is 0 Å². The summed E-state index contributed by atoms with van der Waals surface area (Å²) < 4.78 is 0. The van der Waals surface area contributed by atoms with Crippen LogP contribution in [-0.4, -0.2) is 0 Å². The van der Waals surface area contributed by atoms with E-state index in [1.54, 1.807) is 19.3 Å². The maximum atomic E-state index is 2.41. The highest BCUT2D eigenvalue weighted by Gasteiger charge is 2.68. The van der Waals surface area contributed by atoms with E-state index < -0.39 is 0 Å². The number of rotatable bonds is 2. The molecule has 0 nitrogen and oxygen atoms in total. The van der Waals surface area contributed by atoms with Crippen molar-refractivity contribution in [2.45, 2.75) is 52.9 Å². The molecular formula is C11H20. The minimum Gasteiger partial charge on any atom is -0.0648 e. The van der Waals surface area contributed by atoms with Gasteiger partial charge in [0.25, 0.3) is 0 Å². The summed E-state index contributed by atoms with van der Waals surface area (Å²) in [6.45, 7) is 7.21. The summed E-state index contributed by atoms with van der Waals surface area (Å²) in [5.41, 5.74) is 1.64. The van der Waals surface area contributed by atoms with Crippen LogP contribution in [0.15, 0.2) is 0 Å². The summed E-state index contributed by atoms with van der Waals surface area (Å²) in [5, 5.41) is 0. The van der Waals surface area contributed by atoms with Gasteiger partial charge in [0, 0.05) is 0 Å². The summed E-state index contributed by atoms with van der Waals surface area (Å²) in [7, 11) is 0. The van der Waals surface area contributed by atoms with Gasteiger partial charge in [0.2, 0.25) is 0 Å². The molecule has 0 aliphatic heterocycles. The van der Waals surface area contributed by atoms with Gasteiger partial charge in [-0.15, -0.1) is 0 Å². The van der Waals surface area contributed by atoms with E-state index in [0.29, 0.717) is 0 Å². The van der Waals surface area contributed by atoms with Gasteiger partial charge in [0.15, 0.2) is 0 Å². The zero-order valence-corrected chi connectivity index (χ0v) is 8.11. The highest BCUT2D eigenvalue weighted by atomic mass is 14.7. The molecule has 0 radical (unpaired) electrons. The number of hydrogen-bond acceptors (Lipinski definition) is 0. The van der Waals surface area contributed by atoms with E-state index in [9.17, 15) is 0 Å². The topological polar surface area (TPSA) is 0 Å². The molecule has 0 heterocycles. The highest BCUT2D eigenvalue weighted by Crippen LogP contribution is 2.78. The molecule has 0 heteroatoms. The van der Waals surface area contributed by atoms with Gasteiger partial charge in [-0.2, -0.15) is 0 Å². The summed E-state index contributed by atoms with van der Waals surface area (Å²) in [6.07, 6.45) is 7.56. The first-order chi connectivity index (χ1) is 5.17. The van der Waals surface area contributed by atoms with Gasteiger partial charge in [-0.1, -0.05) is 27.2 Å². The van der Waals surface area contributed by atoms with Gasteiger partial charge < -0.3 is 0 Å². The maximum Gasteiger partial charge on any atom is -0.0215 e. The average Bonchev–Trinajstić information content (AvgIpc) is 2.56. The molecule has 1 spiro atoms. The van der Waals surface area contributed by atoms with Crippen molar-refractivity contribution in [1.82, 2.24) is 0 Å². The molecule has 2 aliphatic carbocycles. The quantitative estimate of drug-likeness (QED) is 0.567. The van der Waals surface area contributed by atoms with Crippen molar-refractivity contribution in [3.05, 3.63) is 0 Å². The van der Waals surface area contributed by atoms with Crippen LogP contribution in [0.3, 0.4) is 0 Å². The molecule has 0 bridgehead atoms. The normalized spacial score (nSPS) is 39.3. The van der Waals surface area contributed by atoms with E-state index in [0.717, 1.165) is 16.7 Å². The summed E-state index contributed by atoms with van der Waals surface area (Å²) in [4.78, 5) is 0. The molecule has 11 heavy (non-hydrogen) atoms. The van der Waals surface area contributed by atoms with Crippen molar-refractivity contribution in [2.24, 2.45) is 16.7 Å². The van der Waals surface area contributed by atoms with E-state index in [1.165, 1.54) is 12.8 Å². The largest absolute Gasteiger partial charge is 0.0648 e. The minimum atomic E-state index is 0.783. The Morgan fingerprint density at radius 2 is 1.91 bits per heavy atom. The second-order valence-electron chi connectivity index (χ2n) is 4.98. The first-order valence-corrected chi connectivity index (χ1v) is 5.17. The van der Waals surface area contributed by atoms with E-state index in [2.05, 4.69) is 20.8 Å². The van der Waals surface area contributed by atoms with Crippen LogP contribution < -0.4 is 0 Å². The molecular weight excluding hydrogens is 132 g/mol. The van der Waals surface area contributed by atoms with Gasteiger partial charge >= 0.3 is 0 Å². The molecule has 2 rings (SSSR count). The second kappa shape index (κ2) is 2.02. The third kappa shape index (κ3) is 0.711. The van der Waals surface area contributed by atoms with Crippen LogP contribution in [0, 0.1) is 16.7 Å². The Balaban J connectivity index is 2.11. The third-order valence-corrected chi connectivity index (χ3v) is 4.63. The van der Waals surface area contributed by atoms with Crippen LogP contribution in [0.2, 0.25) is 0 Å². The van der Waals surface area contributed by atoms with Crippen molar-refractivity contribution in [1.29, 1.82) is 0 Å². The zero-order valence-electron chi connectivity index (χ0n) is 8.11. The molecule has 0 saturated heterocycles. The molecule has 2 saturated carbocycles.